The molecule has 0 aromatic heterocycles. The van der Waals surface area contributed by atoms with Gasteiger partial charge in [0.05, 0.1) is 7.11 Å². The molecule has 0 unspecified atom stereocenters. The van der Waals surface area contributed by atoms with Gasteiger partial charge in [0, 0.05) is 13.1 Å². The second-order valence-electron chi connectivity index (χ2n) is 6.88. The number of carbonyl (C=O) groups is 1. The number of para-hydroxylation sites is 1. The van der Waals surface area contributed by atoms with Crippen molar-refractivity contribution >= 4 is 27.7 Å². The van der Waals surface area contributed by atoms with Crippen molar-refractivity contribution in [2.45, 2.75) is 30.3 Å². The Balaban J connectivity index is 1.81. The first-order valence-electron chi connectivity index (χ1n) is 9.46. The highest BCUT2D eigenvalue weighted by Gasteiger charge is 2.31. The number of hydrogen-bond donors (Lipinski definition) is 1. The maximum Gasteiger partial charge on any atom is 0.244 e. The van der Waals surface area contributed by atoms with Gasteiger partial charge in [0.15, 0.2) is 0 Å². The number of benzene rings is 2. The second kappa shape index (κ2) is 9.65. The lowest BCUT2D eigenvalue weighted by Gasteiger charge is -2.32. The van der Waals surface area contributed by atoms with Gasteiger partial charge in [-0.15, -0.1) is 0 Å². The summed E-state index contributed by atoms with van der Waals surface area (Å²) < 4.78 is 33.8. The molecule has 0 spiro atoms. The molecule has 1 aliphatic heterocycles. The minimum absolute atomic E-state index is 0.0356. The third-order valence-corrected chi connectivity index (χ3v) is 7.16. The second-order valence-corrected chi connectivity index (χ2v) is 9.55. The fraction of sp³-hybridized carbons (Fsp3) is 0.381. The van der Waals surface area contributed by atoms with Gasteiger partial charge in [-0.3, -0.25) is 4.79 Å². The van der Waals surface area contributed by atoms with E-state index < -0.39 is 16.1 Å². The fourth-order valence-electron chi connectivity index (χ4n) is 3.46. The highest BCUT2D eigenvalue weighted by atomic mass is 32.2. The monoisotopic (exact) mass is 434 g/mol. The molecule has 2 aromatic carbocycles. The first-order valence-corrected chi connectivity index (χ1v) is 12.3. The number of nitrogens with one attached hydrogen (secondary N) is 1. The van der Waals surface area contributed by atoms with Crippen LogP contribution in [0.2, 0.25) is 0 Å². The van der Waals surface area contributed by atoms with E-state index in [9.17, 15) is 13.2 Å². The summed E-state index contributed by atoms with van der Waals surface area (Å²) in [7, 11) is -2.48. The third kappa shape index (κ3) is 5.12. The number of fused-ring (bicyclic) bond motifs is 1. The molecule has 1 atom stereocenters. The van der Waals surface area contributed by atoms with Crippen LogP contribution in [-0.4, -0.2) is 50.9 Å². The Morgan fingerprint density at radius 3 is 2.59 bits per heavy atom. The molecule has 0 aliphatic carbocycles. The van der Waals surface area contributed by atoms with E-state index in [0.717, 1.165) is 12.0 Å². The van der Waals surface area contributed by atoms with E-state index in [-0.39, 0.29) is 16.6 Å². The van der Waals surface area contributed by atoms with Crippen LogP contribution in [0, 0.1) is 0 Å². The van der Waals surface area contributed by atoms with Gasteiger partial charge in [-0.2, -0.15) is 16.5 Å². The van der Waals surface area contributed by atoms with E-state index in [1.54, 1.807) is 34.9 Å². The molecule has 8 heteroatoms. The number of carbonyl (C=O) groups excluding carboxylic acids is 1. The molecule has 0 saturated heterocycles. The molecule has 1 amide bonds. The van der Waals surface area contributed by atoms with Crippen LogP contribution in [0.25, 0.3) is 0 Å². The SMILES string of the molecule is COc1ccccc1S(=O)(=O)N[C@H](CCSC)C(=O)N1CCc2ccccc2C1. The Labute approximate surface area is 176 Å². The highest BCUT2D eigenvalue weighted by molar-refractivity contribution is 7.98. The molecule has 2 aromatic rings. The van der Waals surface area contributed by atoms with Crippen molar-refractivity contribution in [3.05, 3.63) is 59.7 Å². The van der Waals surface area contributed by atoms with Crippen LogP contribution in [0.15, 0.2) is 53.4 Å². The number of sulfonamides is 1. The Morgan fingerprint density at radius 2 is 1.86 bits per heavy atom. The smallest absolute Gasteiger partial charge is 0.244 e. The van der Waals surface area contributed by atoms with Crippen LogP contribution in [0.3, 0.4) is 0 Å². The van der Waals surface area contributed by atoms with Crippen molar-refractivity contribution < 1.29 is 17.9 Å². The summed E-state index contributed by atoms with van der Waals surface area (Å²) in [6.45, 7) is 1.09. The first kappa shape index (κ1) is 21.7. The van der Waals surface area contributed by atoms with Crippen LogP contribution in [-0.2, 0) is 27.8 Å². The molecule has 29 heavy (non-hydrogen) atoms. The predicted octanol–water partition coefficient (Wildman–Crippen LogP) is 2.68. The highest BCUT2D eigenvalue weighted by Crippen LogP contribution is 2.24. The quantitative estimate of drug-likeness (QED) is 0.691. The molecule has 1 aliphatic rings. The maximum absolute atomic E-state index is 13.2. The lowest BCUT2D eigenvalue weighted by atomic mass is 9.99. The Kier molecular flexibility index (Phi) is 7.21. The lowest BCUT2D eigenvalue weighted by Crippen LogP contribution is -2.50. The topological polar surface area (TPSA) is 75.7 Å². The fourth-order valence-corrected chi connectivity index (χ4v) is 5.33. The average Bonchev–Trinajstić information content (AvgIpc) is 2.75. The molecule has 3 rings (SSSR count). The zero-order valence-corrected chi connectivity index (χ0v) is 18.3. The summed E-state index contributed by atoms with van der Waals surface area (Å²) >= 11 is 1.58. The number of thioether (sulfide) groups is 1. The van der Waals surface area contributed by atoms with Crippen LogP contribution in [0.1, 0.15) is 17.5 Å². The first-order chi connectivity index (χ1) is 14.0. The van der Waals surface area contributed by atoms with Gasteiger partial charge in [-0.05, 0) is 48.1 Å². The zero-order chi connectivity index (χ0) is 20.9. The van der Waals surface area contributed by atoms with E-state index in [1.807, 2.05) is 24.5 Å². The van der Waals surface area contributed by atoms with E-state index >= 15 is 0 Å². The molecule has 0 saturated carbocycles. The minimum Gasteiger partial charge on any atom is -0.495 e. The predicted molar refractivity (Wildman–Crippen MR) is 116 cm³/mol. The number of methoxy groups -OCH3 is 1. The normalized spacial score (nSPS) is 14.9. The van der Waals surface area contributed by atoms with E-state index in [4.69, 9.17) is 4.74 Å². The molecular formula is C21H26N2O4S2. The summed E-state index contributed by atoms with van der Waals surface area (Å²) in [4.78, 5) is 15.0. The molecule has 0 radical (unpaired) electrons. The molecular weight excluding hydrogens is 408 g/mol. The van der Waals surface area contributed by atoms with Gasteiger partial charge in [0.1, 0.15) is 16.7 Å². The molecule has 0 fully saturated rings. The largest absolute Gasteiger partial charge is 0.495 e. The van der Waals surface area contributed by atoms with Crippen molar-refractivity contribution in [2.24, 2.45) is 0 Å². The van der Waals surface area contributed by atoms with E-state index in [1.165, 1.54) is 18.7 Å². The van der Waals surface area contributed by atoms with Crippen molar-refractivity contribution in [1.82, 2.24) is 9.62 Å². The van der Waals surface area contributed by atoms with Gasteiger partial charge in [-0.25, -0.2) is 8.42 Å². The summed E-state index contributed by atoms with van der Waals surface area (Å²) in [5.41, 5.74) is 2.36. The van der Waals surface area contributed by atoms with Gasteiger partial charge in [0.25, 0.3) is 0 Å². The van der Waals surface area contributed by atoms with Gasteiger partial charge >= 0.3 is 0 Å². The molecule has 156 valence electrons. The van der Waals surface area contributed by atoms with Crippen LogP contribution in [0.4, 0.5) is 0 Å². The lowest BCUT2D eigenvalue weighted by molar-refractivity contribution is -0.134. The Bertz CT molecular complexity index is 963. The number of amides is 1. The number of hydrogen-bond acceptors (Lipinski definition) is 5. The summed E-state index contributed by atoms with van der Waals surface area (Å²) in [5, 5.41) is 0. The summed E-state index contributed by atoms with van der Waals surface area (Å²) in [6, 6.07) is 13.7. The van der Waals surface area contributed by atoms with E-state index in [0.29, 0.717) is 25.3 Å². The van der Waals surface area contributed by atoms with Crippen molar-refractivity contribution in [3.63, 3.8) is 0 Å². The summed E-state index contributed by atoms with van der Waals surface area (Å²) in [6.07, 6.45) is 3.14. The van der Waals surface area contributed by atoms with Crippen LogP contribution in [0.5, 0.6) is 5.75 Å². The Hall–Kier alpha value is -2.03. The molecule has 0 bridgehead atoms. The van der Waals surface area contributed by atoms with Crippen molar-refractivity contribution in [2.75, 3.05) is 25.7 Å². The molecule has 1 heterocycles. The number of nitrogens with zero attached hydrogens (tertiary/aromatic N) is 1. The molecule has 1 N–H and O–H groups in total. The summed E-state index contributed by atoms with van der Waals surface area (Å²) in [5.74, 6) is 0.741. The van der Waals surface area contributed by atoms with Gasteiger partial charge < -0.3 is 9.64 Å². The van der Waals surface area contributed by atoms with Crippen LogP contribution >= 0.6 is 11.8 Å². The molecule has 6 nitrogen and oxygen atoms in total. The maximum atomic E-state index is 13.2. The average molecular weight is 435 g/mol. The Morgan fingerprint density at radius 1 is 1.17 bits per heavy atom. The van der Waals surface area contributed by atoms with Crippen molar-refractivity contribution in [1.29, 1.82) is 0 Å². The standard InChI is InChI=1S/C21H26N2O4S2/c1-27-19-9-5-6-10-20(19)29(25,26)22-18(12-14-28-2)21(24)23-13-11-16-7-3-4-8-17(16)15-23/h3-10,18,22H,11-15H2,1-2H3/t18-/m1/s1. The number of ether oxygens (including phenoxy) is 1. The van der Waals surface area contributed by atoms with E-state index in [2.05, 4.69) is 10.8 Å². The van der Waals surface area contributed by atoms with Gasteiger partial charge in [-0.1, -0.05) is 36.4 Å². The van der Waals surface area contributed by atoms with Crippen molar-refractivity contribution in [3.8, 4) is 5.75 Å². The van der Waals surface area contributed by atoms with Crippen LogP contribution < -0.4 is 9.46 Å². The minimum atomic E-state index is -3.91. The number of rotatable bonds is 8. The van der Waals surface area contributed by atoms with Gasteiger partial charge in [0.2, 0.25) is 15.9 Å². The third-order valence-electron chi connectivity index (χ3n) is 5.01. The zero-order valence-electron chi connectivity index (χ0n) is 16.6.